The monoisotopic (exact) mass is 379 g/mol. The van der Waals surface area contributed by atoms with E-state index >= 15 is 0 Å². The maximum absolute atomic E-state index is 13.3. The van der Waals surface area contributed by atoms with Gasteiger partial charge in [0.1, 0.15) is 5.56 Å². The number of carbonyl (C=O) groups excluding carboxylic acids is 1. The Morgan fingerprint density at radius 3 is 2.44 bits per heavy atom. The van der Waals surface area contributed by atoms with E-state index in [9.17, 15) is 22.8 Å². The highest BCUT2D eigenvalue weighted by molar-refractivity contribution is 5.93. The number of aromatic nitrogens is 2. The van der Waals surface area contributed by atoms with Crippen LogP contribution in [0.15, 0.2) is 42.6 Å². The normalized spacial score (nSPS) is 16.9. The third-order valence-corrected chi connectivity index (χ3v) is 4.29. The first-order chi connectivity index (χ1) is 12.8. The lowest BCUT2D eigenvalue weighted by atomic mass is 9.93. The van der Waals surface area contributed by atoms with Gasteiger partial charge in [-0.3, -0.25) is 4.79 Å². The molecule has 0 saturated heterocycles. The largest absolute Gasteiger partial charge is 0.478 e. The van der Waals surface area contributed by atoms with Gasteiger partial charge in [0, 0.05) is 11.6 Å². The molecule has 1 aliphatic carbocycles. The summed E-state index contributed by atoms with van der Waals surface area (Å²) in [6, 6.07) is 5.58. The van der Waals surface area contributed by atoms with Crippen LogP contribution in [0.4, 0.5) is 18.9 Å². The van der Waals surface area contributed by atoms with Crippen molar-refractivity contribution in [2.75, 3.05) is 5.32 Å². The van der Waals surface area contributed by atoms with Crippen molar-refractivity contribution >= 4 is 17.6 Å². The van der Waals surface area contributed by atoms with Gasteiger partial charge in [-0.1, -0.05) is 12.2 Å². The zero-order valence-electron chi connectivity index (χ0n) is 14.0. The fourth-order valence-electron chi connectivity index (χ4n) is 2.94. The van der Waals surface area contributed by atoms with Crippen LogP contribution in [-0.4, -0.2) is 26.8 Å². The number of hydrogen-bond acceptors (Lipinski definition) is 3. The second-order valence-corrected chi connectivity index (χ2v) is 6.14. The van der Waals surface area contributed by atoms with Crippen molar-refractivity contribution < 1.29 is 27.9 Å². The fraction of sp³-hybridized carbons (Fsp3) is 0.278. The molecule has 1 aliphatic rings. The van der Waals surface area contributed by atoms with Gasteiger partial charge >= 0.3 is 12.1 Å². The van der Waals surface area contributed by atoms with Gasteiger partial charge in [-0.25, -0.2) is 9.48 Å². The standard InChI is InChI=1S/C18H16F3N3O3/c19-18(20,21)15-14(17(26)27)10-22-24(15)13-8-6-12(7-9-13)23-16(25)11-4-2-1-3-5-11/h1-2,6-11H,3-5H2,(H,23,25)(H,26,27). The lowest BCUT2D eigenvalue weighted by molar-refractivity contribution is -0.143. The quantitative estimate of drug-likeness (QED) is 0.790. The van der Waals surface area contributed by atoms with Crippen molar-refractivity contribution in [2.24, 2.45) is 5.92 Å². The molecule has 1 aromatic heterocycles. The number of benzene rings is 1. The van der Waals surface area contributed by atoms with E-state index in [0.29, 0.717) is 23.0 Å². The average Bonchev–Trinajstić information content (AvgIpc) is 3.09. The summed E-state index contributed by atoms with van der Waals surface area (Å²) in [5, 5.41) is 15.2. The summed E-state index contributed by atoms with van der Waals surface area (Å²) in [7, 11) is 0. The predicted molar refractivity (Wildman–Crippen MR) is 90.6 cm³/mol. The number of nitrogens with zero attached hydrogens (tertiary/aromatic N) is 2. The summed E-state index contributed by atoms with van der Waals surface area (Å²) >= 11 is 0. The van der Waals surface area contributed by atoms with E-state index in [0.717, 1.165) is 12.8 Å². The molecule has 0 fully saturated rings. The Morgan fingerprint density at radius 1 is 1.19 bits per heavy atom. The van der Waals surface area contributed by atoms with Gasteiger partial charge in [0.25, 0.3) is 0 Å². The number of allylic oxidation sites excluding steroid dienone is 2. The minimum atomic E-state index is -4.88. The molecule has 0 spiro atoms. The molecule has 1 heterocycles. The number of carboxylic acids is 1. The van der Waals surface area contributed by atoms with Crippen LogP contribution in [0, 0.1) is 5.92 Å². The maximum atomic E-state index is 13.3. The van der Waals surface area contributed by atoms with Crippen molar-refractivity contribution in [1.29, 1.82) is 0 Å². The molecule has 0 bridgehead atoms. The molecule has 9 heteroatoms. The Hall–Kier alpha value is -3.10. The van der Waals surface area contributed by atoms with Gasteiger partial charge < -0.3 is 10.4 Å². The number of amides is 1. The van der Waals surface area contributed by atoms with Gasteiger partial charge in [0.05, 0.1) is 11.9 Å². The molecular formula is C18H16F3N3O3. The van der Waals surface area contributed by atoms with E-state index < -0.39 is 23.4 Å². The summed E-state index contributed by atoms with van der Waals surface area (Å²) in [6.07, 6.45) is 2.00. The van der Waals surface area contributed by atoms with Gasteiger partial charge in [0.2, 0.25) is 5.91 Å². The number of hydrogen-bond donors (Lipinski definition) is 2. The molecule has 0 radical (unpaired) electrons. The summed E-state index contributed by atoms with van der Waals surface area (Å²) < 4.78 is 40.3. The number of aromatic carboxylic acids is 1. The summed E-state index contributed by atoms with van der Waals surface area (Å²) in [5.74, 6) is -1.98. The smallest absolute Gasteiger partial charge is 0.434 e. The van der Waals surface area contributed by atoms with E-state index in [-0.39, 0.29) is 17.5 Å². The third kappa shape index (κ3) is 4.02. The summed E-state index contributed by atoms with van der Waals surface area (Å²) in [6.45, 7) is 0. The van der Waals surface area contributed by atoms with Gasteiger partial charge in [-0.2, -0.15) is 18.3 Å². The first-order valence-corrected chi connectivity index (χ1v) is 8.22. The Kier molecular flexibility index (Phi) is 5.02. The molecule has 1 aromatic carbocycles. The zero-order valence-corrected chi connectivity index (χ0v) is 14.0. The summed E-state index contributed by atoms with van der Waals surface area (Å²) in [4.78, 5) is 23.2. The van der Waals surface area contributed by atoms with E-state index in [2.05, 4.69) is 10.4 Å². The predicted octanol–water partition coefficient (Wildman–Crippen LogP) is 3.88. The van der Waals surface area contributed by atoms with E-state index in [1.165, 1.54) is 24.3 Å². The molecule has 27 heavy (non-hydrogen) atoms. The average molecular weight is 379 g/mol. The molecule has 3 rings (SSSR count). The number of rotatable bonds is 4. The molecule has 2 aromatic rings. The summed E-state index contributed by atoms with van der Waals surface area (Å²) in [5.41, 5.74) is -1.81. The number of alkyl halides is 3. The molecule has 2 N–H and O–H groups in total. The second kappa shape index (κ2) is 7.26. The SMILES string of the molecule is O=C(O)c1cnn(-c2ccc(NC(=O)C3CC=CCC3)cc2)c1C(F)(F)F. The van der Waals surface area contributed by atoms with Crippen LogP contribution in [0.25, 0.3) is 5.69 Å². The maximum Gasteiger partial charge on any atom is 0.434 e. The van der Waals surface area contributed by atoms with Gasteiger partial charge in [-0.15, -0.1) is 0 Å². The highest BCUT2D eigenvalue weighted by atomic mass is 19.4. The molecular weight excluding hydrogens is 363 g/mol. The fourth-order valence-corrected chi connectivity index (χ4v) is 2.94. The highest BCUT2D eigenvalue weighted by Crippen LogP contribution is 2.33. The first kappa shape index (κ1) is 18.7. The Bertz CT molecular complexity index is 885. The van der Waals surface area contributed by atoms with Crippen molar-refractivity contribution in [3.63, 3.8) is 0 Å². The minimum absolute atomic E-state index is 0.0356. The Balaban J connectivity index is 1.83. The molecule has 1 amide bonds. The van der Waals surface area contributed by atoms with Crippen molar-refractivity contribution in [1.82, 2.24) is 9.78 Å². The number of carbonyl (C=O) groups is 2. The van der Waals surface area contributed by atoms with Crippen LogP contribution in [0.2, 0.25) is 0 Å². The van der Waals surface area contributed by atoms with Crippen molar-refractivity contribution in [2.45, 2.75) is 25.4 Å². The Morgan fingerprint density at radius 2 is 1.89 bits per heavy atom. The van der Waals surface area contributed by atoms with E-state index in [4.69, 9.17) is 5.11 Å². The Labute approximate surface area is 152 Å². The van der Waals surface area contributed by atoms with Crippen LogP contribution < -0.4 is 5.32 Å². The van der Waals surface area contributed by atoms with Crippen molar-refractivity contribution in [3.8, 4) is 5.69 Å². The molecule has 6 nitrogen and oxygen atoms in total. The highest BCUT2D eigenvalue weighted by Gasteiger charge is 2.40. The van der Waals surface area contributed by atoms with E-state index in [1.807, 2.05) is 12.2 Å². The topological polar surface area (TPSA) is 84.2 Å². The number of anilines is 1. The van der Waals surface area contributed by atoms with Gasteiger partial charge in [-0.05, 0) is 43.5 Å². The lowest BCUT2D eigenvalue weighted by Gasteiger charge is -2.17. The molecule has 1 atom stereocenters. The molecule has 0 aliphatic heterocycles. The molecule has 1 unspecified atom stereocenters. The van der Waals surface area contributed by atoms with Crippen LogP contribution >= 0.6 is 0 Å². The second-order valence-electron chi connectivity index (χ2n) is 6.14. The van der Waals surface area contributed by atoms with Gasteiger partial charge in [0.15, 0.2) is 5.69 Å². The van der Waals surface area contributed by atoms with Crippen LogP contribution in [0.3, 0.4) is 0 Å². The molecule has 0 saturated carbocycles. The van der Waals surface area contributed by atoms with Crippen molar-refractivity contribution in [3.05, 3.63) is 53.9 Å². The first-order valence-electron chi connectivity index (χ1n) is 8.22. The minimum Gasteiger partial charge on any atom is -0.478 e. The van der Waals surface area contributed by atoms with Crippen LogP contribution in [0.1, 0.15) is 35.3 Å². The third-order valence-electron chi connectivity index (χ3n) is 4.29. The zero-order chi connectivity index (χ0) is 19.6. The number of nitrogens with one attached hydrogen (secondary N) is 1. The van der Waals surface area contributed by atoms with Crippen LogP contribution in [-0.2, 0) is 11.0 Å². The van der Waals surface area contributed by atoms with Crippen LogP contribution in [0.5, 0.6) is 0 Å². The van der Waals surface area contributed by atoms with E-state index in [1.54, 1.807) is 0 Å². The number of carboxylic acid groups (broad SMARTS) is 1. The molecule has 142 valence electrons. The lowest BCUT2D eigenvalue weighted by Crippen LogP contribution is -2.23. The number of halogens is 3.